The molecule has 0 spiro atoms. The molecule has 0 aromatic carbocycles. The summed E-state index contributed by atoms with van der Waals surface area (Å²) in [7, 11) is 0. The normalized spacial score (nSPS) is 75.0. The van der Waals surface area contributed by atoms with Crippen LogP contribution in [-0.4, -0.2) is 27.7 Å². The molecular formula is C4H6O3. The maximum Gasteiger partial charge on any atom is 0.228 e. The highest BCUT2D eigenvalue weighted by atomic mass is 16.8. The van der Waals surface area contributed by atoms with Gasteiger partial charge in [-0.25, -0.2) is 0 Å². The van der Waals surface area contributed by atoms with Gasteiger partial charge in [0.25, 0.3) is 0 Å². The molecule has 7 heavy (non-hydrogen) atoms. The molecular weight excluding hydrogens is 96.0 g/mol. The number of hydrogen-bond acceptors (Lipinski definition) is 3. The van der Waals surface area contributed by atoms with Crippen molar-refractivity contribution in [3.8, 4) is 0 Å². The summed E-state index contributed by atoms with van der Waals surface area (Å²) < 4.78 is 4.51. The molecule has 1 aliphatic carbocycles. The third kappa shape index (κ3) is 0.185. The van der Waals surface area contributed by atoms with E-state index in [0.29, 0.717) is 0 Å². The third-order valence-corrected chi connectivity index (χ3v) is 1.75. The van der Waals surface area contributed by atoms with Gasteiger partial charge in [-0.2, -0.15) is 0 Å². The van der Waals surface area contributed by atoms with Gasteiger partial charge in [0.05, 0.1) is 0 Å². The maximum absolute atomic E-state index is 8.83. The van der Waals surface area contributed by atoms with Gasteiger partial charge in [0.1, 0.15) is 5.60 Å². The average Bonchev–Trinajstić information content (AvgIpc) is 2.26. The second-order valence-corrected chi connectivity index (χ2v) is 2.34. The maximum atomic E-state index is 8.83. The van der Waals surface area contributed by atoms with Gasteiger partial charge in [0.15, 0.2) is 6.10 Å². The lowest BCUT2D eigenvalue weighted by atomic mass is 10.3. The number of fused-ring (bicyclic) bond motifs is 1. The Bertz CT molecular complexity index is 121. The van der Waals surface area contributed by atoms with Crippen molar-refractivity contribution >= 4 is 0 Å². The van der Waals surface area contributed by atoms with Crippen LogP contribution >= 0.6 is 0 Å². The fraction of sp³-hybridized carbons (Fsp3) is 1.00. The lowest BCUT2D eigenvalue weighted by molar-refractivity contribution is -0.114. The van der Waals surface area contributed by atoms with Crippen molar-refractivity contribution in [2.24, 2.45) is 0 Å². The van der Waals surface area contributed by atoms with E-state index < -0.39 is 11.4 Å². The monoisotopic (exact) mass is 102 g/mol. The minimum absolute atomic E-state index is 0.278. The van der Waals surface area contributed by atoms with E-state index in [1.165, 1.54) is 0 Å². The highest BCUT2D eigenvalue weighted by Crippen LogP contribution is 2.65. The molecule has 0 aromatic rings. The fourth-order valence-corrected chi connectivity index (χ4v) is 0.836. The fourth-order valence-electron chi connectivity index (χ4n) is 0.836. The summed E-state index contributed by atoms with van der Waals surface area (Å²) in [6.45, 7) is 1.56. The van der Waals surface area contributed by atoms with Crippen LogP contribution in [0.2, 0.25) is 0 Å². The van der Waals surface area contributed by atoms with E-state index >= 15 is 0 Å². The first-order valence-electron chi connectivity index (χ1n) is 2.21. The zero-order valence-corrected chi connectivity index (χ0v) is 3.88. The first kappa shape index (κ1) is 3.83. The summed E-state index contributed by atoms with van der Waals surface area (Å²) in [5.74, 6) is -1.13. The standard InChI is InChI=1S/C4H6O3/c1-3(5)2-4(3,6)7-2/h2,5-6H,1H3/t2-,3+,4-/m1/s1. The van der Waals surface area contributed by atoms with Crippen molar-refractivity contribution in [1.29, 1.82) is 0 Å². The summed E-state index contributed by atoms with van der Waals surface area (Å²) in [4.78, 5) is 0. The van der Waals surface area contributed by atoms with Gasteiger partial charge in [-0.15, -0.1) is 0 Å². The SMILES string of the molecule is C[C@]1(O)[C@H]2O[C@]21O. The number of epoxide rings is 1. The van der Waals surface area contributed by atoms with Crippen molar-refractivity contribution in [3.05, 3.63) is 0 Å². The zero-order valence-electron chi connectivity index (χ0n) is 3.88. The van der Waals surface area contributed by atoms with Crippen LogP contribution in [0, 0.1) is 0 Å². The first-order valence-corrected chi connectivity index (χ1v) is 2.21. The molecule has 1 saturated heterocycles. The topological polar surface area (TPSA) is 53.0 Å². The van der Waals surface area contributed by atoms with E-state index in [0.717, 1.165) is 0 Å². The largest absolute Gasteiger partial charge is 0.381 e. The molecule has 2 rings (SSSR count). The molecule has 2 N–H and O–H groups in total. The Balaban J connectivity index is 2.28. The van der Waals surface area contributed by atoms with E-state index in [2.05, 4.69) is 4.74 Å². The van der Waals surface area contributed by atoms with Crippen molar-refractivity contribution in [2.75, 3.05) is 0 Å². The Morgan fingerprint density at radius 2 is 1.86 bits per heavy atom. The molecule has 0 bridgehead atoms. The highest BCUT2D eigenvalue weighted by molar-refractivity contribution is 5.32. The van der Waals surface area contributed by atoms with Crippen molar-refractivity contribution in [1.82, 2.24) is 0 Å². The lowest BCUT2D eigenvalue weighted by Crippen LogP contribution is -2.25. The van der Waals surface area contributed by atoms with Gasteiger partial charge >= 0.3 is 0 Å². The second-order valence-electron chi connectivity index (χ2n) is 2.34. The van der Waals surface area contributed by atoms with Crippen LogP contribution in [0.3, 0.4) is 0 Å². The molecule has 1 aliphatic heterocycles. The molecule has 2 aliphatic rings. The summed E-state index contributed by atoms with van der Waals surface area (Å²) in [6.07, 6.45) is -0.278. The third-order valence-electron chi connectivity index (χ3n) is 1.75. The van der Waals surface area contributed by atoms with Gasteiger partial charge in [0.2, 0.25) is 5.79 Å². The number of rotatable bonds is 0. The van der Waals surface area contributed by atoms with Gasteiger partial charge in [0, 0.05) is 0 Å². The zero-order chi connectivity index (χ0) is 5.28. The molecule has 3 atom stereocenters. The molecule has 1 heterocycles. The van der Waals surface area contributed by atoms with E-state index in [4.69, 9.17) is 10.2 Å². The second kappa shape index (κ2) is 0.555. The van der Waals surface area contributed by atoms with Gasteiger partial charge in [-0.3, -0.25) is 0 Å². The summed E-state index contributed by atoms with van der Waals surface area (Å²) >= 11 is 0. The molecule has 0 radical (unpaired) electrons. The van der Waals surface area contributed by atoms with E-state index in [1.807, 2.05) is 0 Å². The highest BCUT2D eigenvalue weighted by Gasteiger charge is 2.91. The predicted molar refractivity (Wildman–Crippen MR) is 20.4 cm³/mol. The lowest BCUT2D eigenvalue weighted by Gasteiger charge is -2.07. The summed E-state index contributed by atoms with van der Waals surface area (Å²) in [5, 5.41) is 17.6. The average molecular weight is 102 g/mol. The van der Waals surface area contributed by atoms with Crippen LogP contribution in [0.5, 0.6) is 0 Å². The van der Waals surface area contributed by atoms with Crippen molar-refractivity contribution in [3.63, 3.8) is 0 Å². The van der Waals surface area contributed by atoms with Gasteiger partial charge < -0.3 is 14.9 Å². The molecule has 40 valence electrons. The number of hydrogen-bond donors (Lipinski definition) is 2. The van der Waals surface area contributed by atoms with E-state index in [1.54, 1.807) is 6.92 Å². The van der Waals surface area contributed by atoms with Crippen LogP contribution in [0.15, 0.2) is 0 Å². The molecule has 3 nitrogen and oxygen atoms in total. The quantitative estimate of drug-likeness (QED) is 0.379. The van der Waals surface area contributed by atoms with E-state index in [-0.39, 0.29) is 6.10 Å². The Morgan fingerprint density at radius 3 is 1.86 bits per heavy atom. The predicted octanol–water partition coefficient (Wildman–Crippen LogP) is -1.16. The van der Waals surface area contributed by atoms with Crippen LogP contribution in [0.4, 0.5) is 0 Å². The minimum Gasteiger partial charge on any atom is -0.381 e. The summed E-state index contributed by atoms with van der Waals surface area (Å²) in [5.41, 5.74) is -0.924. The molecule has 2 fully saturated rings. The van der Waals surface area contributed by atoms with Crippen LogP contribution in [0.1, 0.15) is 6.92 Å². The number of aliphatic hydroxyl groups is 2. The minimum atomic E-state index is -1.13. The van der Waals surface area contributed by atoms with Gasteiger partial charge in [-0.1, -0.05) is 0 Å². The Hall–Kier alpha value is -0.120. The Morgan fingerprint density at radius 1 is 1.57 bits per heavy atom. The molecule has 3 heteroatoms. The van der Waals surface area contributed by atoms with Crippen LogP contribution in [-0.2, 0) is 4.74 Å². The summed E-state index contributed by atoms with van der Waals surface area (Å²) in [6, 6.07) is 0. The molecule has 1 saturated carbocycles. The van der Waals surface area contributed by atoms with Gasteiger partial charge in [-0.05, 0) is 6.92 Å². The number of ether oxygens (including phenoxy) is 1. The molecule has 0 amide bonds. The Labute approximate surface area is 40.5 Å². The van der Waals surface area contributed by atoms with Crippen molar-refractivity contribution < 1.29 is 14.9 Å². The Kier molecular flexibility index (Phi) is 0.304. The first-order chi connectivity index (χ1) is 3.09. The van der Waals surface area contributed by atoms with Crippen LogP contribution < -0.4 is 0 Å². The molecule has 0 aromatic heterocycles. The smallest absolute Gasteiger partial charge is 0.228 e. The molecule has 0 unspecified atom stereocenters. The van der Waals surface area contributed by atoms with Crippen LogP contribution in [0.25, 0.3) is 0 Å². The van der Waals surface area contributed by atoms with Crippen molar-refractivity contribution in [2.45, 2.75) is 24.4 Å². The van der Waals surface area contributed by atoms with E-state index in [9.17, 15) is 0 Å².